The normalized spacial score (nSPS) is 19.6. The molecule has 2 atom stereocenters. The number of piperidine rings is 1. The zero-order valence-electron chi connectivity index (χ0n) is 23.2. The largest absolute Gasteiger partial charge is 0.496 e. The second kappa shape index (κ2) is 13.3. The first-order valence-electron chi connectivity index (χ1n) is 13.8. The highest BCUT2D eigenvalue weighted by molar-refractivity contribution is 5.98. The van der Waals surface area contributed by atoms with Crippen LogP contribution in [0.1, 0.15) is 42.6 Å². The van der Waals surface area contributed by atoms with Gasteiger partial charge in [0.2, 0.25) is 11.8 Å². The van der Waals surface area contributed by atoms with E-state index < -0.39 is 0 Å². The molecule has 8 heteroatoms. The molecule has 2 bridgehead atoms. The van der Waals surface area contributed by atoms with Gasteiger partial charge < -0.3 is 24.2 Å². The second-order valence-electron chi connectivity index (χ2n) is 10.0. The fraction of sp³-hybridized carbons (Fsp3) is 0.452. The summed E-state index contributed by atoms with van der Waals surface area (Å²) in [4.78, 5) is 45.6. The highest BCUT2D eigenvalue weighted by Crippen LogP contribution is 2.30. The topological polar surface area (TPSA) is 79.4 Å². The number of benzene rings is 2. The van der Waals surface area contributed by atoms with Gasteiger partial charge in [0.15, 0.2) is 0 Å². The van der Waals surface area contributed by atoms with Crippen LogP contribution in [0.25, 0.3) is 0 Å². The minimum absolute atomic E-state index is 0.0279. The van der Waals surface area contributed by atoms with E-state index in [1.165, 1.54) is 7.11 Å². The smallest absolute Gasteiger partial charge is 0.258 e. The molecular weight excluding hydrogens is 494 g/mol. The predicted molar refractivity (Wildman–Crippen MR) is 150 cm³/mol. The lowest BCUT2D eigenvalue weighted by molar-refractivity contribution is -0.135. The average molecular weight is 534 g/mol. The first kappa shape index (κ1) is 28.2. The SMILES string of the molecule is CCN(CC)C(=O)C[C@@H]1CCN2C[C@@H]1C=CCOc1ccccc1CN(C(=O)c1ccccc1OC)CC2=O. The third-order valence-electron chi connectivity index (χ3n) is 7.72. The molecule has 0 saturated carbocycles. The molecule has 39 heavy (non-hydrogen) atoms. The molecule has 0 N–H and O–H groups in total. The van der Waals surface area contributed by atoms with Crippen molar-refractivity contribution in [2.45, 2.75) is 33.2 Å². The van der Waals surface area contributed by atoms with Gasteiger partial charge in [-0.25, -0.2) is 0 Å². The van der Waals surface area contributed by atoms with E-state index in [4.69, 9.17) is 9.47 Å². The van der Waals surface area contributed by atoms with Crippen LogP contribution in [0.15, 0.2) is 60.7 Å². The Kier molecular flexibility index (Phi) is 9.63. The fourth-order valence-corrected chi connectivity index (χ4v) is 5.46. The lowest BCUT2D eigenvalue weighted by atomic mass is 9.82. The molecule has 1 fully saturated rings. The summed E-state index contributed by atoms with van der Waals surface area (Å²) < 4.78 is 11.6. The van der Waals surface area contributed by atoms with Crippen molar-refractivity contribution in [3.05, 3.63) is 71.8 Å². The molecule has 0 unspecified atom stereocenters. The molecule has 2 aromatic carbocycles. The fourth-order valence-electron chi connectivity index (χ4n) is 5.46. The van der Waals surface area contributed by atoms with E-state index in [0.29, 0.717) is 56.3 Å². The molecule has 208 valence electrons. The molecule has 2 aliphatic rings. The minimum atomic E-state index is -0.278. The maximum absolute atomic E-state index is 13.8. The lowest BCUT2D eigenvalue weighted by Gasteiger charge is -2.38. The van der Waals surface area contributed by atoms with Crippen LogP contribution >= 0.6 is 0 Å². The van der Waals surface area contributed by atoms with Gasteiger partial charge in [-0.1, -0.05) is 42.5 Å². The maximum Gasteiger partial charge on any atom is 0.258 e. The molecule has 2 aliphatic heterocycles. The zero-order valence-corrected chi connectivity index (χ0v) is 23.2. The first-order chi connectivity index (χ1) is 18.9. The Hall–Kier alpha value is -3.81. The molecular formula is C31H39N3O5. The van der Waals surface area contributed by atoms with Crippen LogP contribution in [0.3, 0.4) is 0 Å². The van der Waals surface area contributed by atoms with Gasteiger partial charge in [-0.2, -0.15) is 0 Å². The predicted octanol–water partition coefficient (Wildman–Crippen LogP) is 4.01. The number of amides is 3. The van der Waals surface area contributed by atoms with Crippen LogP contribution in [0.2, 0.25) is 0 Å². The molecule has 0 radical (unpaired) electrons. The van der Waals surface area contributed by atoms with Crippen molar-refractivity contribution >= 4 is 17.7 Å². The van der Waals surface area contributed by atoms with E-state index in [9.17, 15) is 14.4 Å². The van der Waals surface area contributed by atoms with Gasteiger partial charge in [0.05, 0.1) is 19.2 Å². The summed E-state index contributed by atoms with van der Waals surface area (Å²) >= 11 is 0. The lowest BCUT2D eigenvalue weighted by Crippen LogP contribution is -2.48. The Morgan fingerprint density at radius 3 is 2.56 bits per heavy atom. The van der Waals surface area contributed by atoms with Crippen LogP contribution in [0, 0.1) is 11.8 Å². The Morgan fingerprint density at radius 1 is 1.05 bits per heavy atom. The summed E-state index contributed by atoms with van der Waals surface area (Å²) in [7, 11) is 1.53. The Bertz CT molecular complexity index is 1190. The monoisotopic (exact) mass is 533 g/mol. The molecule has 0 aliphatic carbocycles. The number of para-hydroxylation sites is 2. The number of hydrogen-bond acceptors (Lipinski definition) is 5. The number of nitrogens with zero attached hydrogens (tertiary/aromatic N) is 3. The van der Waals surface area contributed by atoms with Crippen molar-refractivity contribution in [2.24, 2.45) is 11.8 Å². The van der Waals surface area contributed by atoms with E-state index in [1.807, 2.05) is 60.1 Å². The summed E-state index contributed by atoms with van der Waals surface area (Å²) in [5, 5.41) is 0. The number of carbonyl (C=O) groups excluding carboxylic acids is 3. The van der Waals surface area contributed by atoms with Crippen molar-refractivity contribution in [3.63, 3.8) is 0 Å². The van der Waals surface area contributed by atoms with Crippen LogP contribution in [0.5, 0.6) is 11.5 Å². The van der Waals surface area contributed by atoms with E-state index in [0.717, 1.165) is 12.0 Å². The summed E-state index contributed by atoms with van der Waals surface area (Å²) in [5.41, 5.74) is 1.23. The van der Waals surface area contributed by atoms with E-state index in [2.05, 4.69) is 6.08 Å². The van der Waals surface area contributed by atoms with Crippen molar-refractivity contribution in [1.82, 2.24) is 14.7 Å². The van der Waals surface area contributed by atoms with Gasteiger partial charge >= 0.3 is 0 Å². The quantitative estimate of drug-likeness (QED) is 0.525. The highest BCUT2D eigenvalue weighted by atomic mass is 16.5. The van der Waals surface area contributed by atoms with Gasteiger partial charge in [-0.3, -0.25) is 14.4 Å². The Morgan fingerprint density at radius 2 is 1.79 bits per heavy atom. The van der Waals surface area contributed by atoms with Gasteiger partial charge in [-0.15, -0.1) is 0 Å². The van der Waals surface area contributed by atoms with E-state index >= 15 is 0 Å². The number of hydrogen-bond donors (Lipinski definition) is 0. The number of methoxy groups -OCH3 is 1. The summed E-state index contributed by atoms with van der Waals surface area (Å²) in [5.74, 6) is 1.07. The molecule has 8 nitrogen and oxygen atoms in total. The summed E-state index contributed by atoms with van der Waals surface area (Å²) in [6.07, 6.45) is 5.27. The molecule has 0 spiro atoms. The molecule has 3 amide bonds. The Labute approximate surface area is 231 Å². The Balaban J connectivity index is 1.62. The van der Waals surface area contributed by atoms with E-state index in [1.54, 1.807) is 23.1 Å². The van der Waals surface area contributed by atoms with Crippen LogP contribution in [0.4, 0.5) is 0 Å². The summed E-state index contributed by atoms with van der Waals surface area (Å²) in [6, 6.07) is 14.6. The minimum Gasteiger partial charge on any atom is -0.496 e. The maximum atomic E-state index is 13.8. The second-order valence-corrected chi connectivity index (χ2v) is 10.0. The van der Waals surface area contributed by atoms with Crippen molar-refractivity contribution in [3.8, 4) is 11.5 Å². The van der Waals surface area contributed by atoms with Crippen molar-refractivity contribution < 1.29 is 23.9 Å². The van der Waals surface area contributed by atoms with Crippen molar-refractivity contribution in [2.75, 3.05) is 46.4 Å². The van der Waals surface area contributed by atoms with Gasteiger partial charge in [0, 0.05) is 38.2 Å². The molecule has 2 aromatic rings. The highest BCUT2D eigenvalue weighted by Gasteiger charge is 2.34. The molecule has 0 aromatic heterocycles. The third-order valence-corrected chi connectivity index (χ3v) is 7.72. The summed E-state index contributed by atoms with van der Waals surface area (Å²) in [6.45, 7) is 6.96. The van der Waals surface area contributed by atoms with Crippen LogP contribution < -0.4 is 9.47 Å². The van der Waals surface area contributed by atoms with Gasteiger partial charge in [0.1, 0.15) is 24.7 Å². The number of carbonyl (C=O) groups is 3. The first-order valence-corrected chi connectivity index (χ1v) is 13.8. The molecule has 2 heterocycles. The zero-order chi connectivity index (χ0) is 27.8. The van der Waals surface area contributed by atoms with Crippen molar-refractivity contribution in [1.29, 1.82) is 0 Å². The van der Waals surface area contributed by atoms with Gasteiger partial charge in [-0.05, 0) is 50.3 Å². The molecule has 1 saturated heterocycles. The third kappa shape index (κ3) is 6.80. The number of rotatable bonds is 6. The van der Waals surface area contributed by atoms with Crippen LogP contribution in [-0.4, -0.2) is 78.9 Å². The standard InChI is InChI=1S/C31H39N3O5/c1-4-32(5-2)29(35)19-23-16-17-33-20-24(23)12-10-18-39-27-14-8-6-11-25(27)21-34(22-30(33)36)31(37)26-13-7-9-15-28(26)38-3/h6-15,23-24H,4-5,16-22H2,1-3H3/t23-,24-/m0/s1. The number of fused-ring (bicyclic) bond motifs is 3. The van der Waals surface area contributed by atoms with Gasteiger partial charge in [0.25, 0.3) is 5.91 Å². The molecule has 4 rings (SSSR count). The van der Waals surface area contributed by atoms with Crippen LogP contribution in [-0.2, 0) is 16.1 Å². The van der Waals surface area contributed by atoms with E-state index in [-0.39, 0.29) is 42.6 Å². The average Bonchev–Trinajstić information content (AvgIpc) is 2.96. The number of ether oxygens (including phenoxy) is 2.